The quantitative estimate of drug-likeness (QED) is 0.283. The Bertz CT molecular complexity index is 1350. The topological polar surface area (TPSA) is 45.2 Å². The van der Waals surface area contributed by atoms with Gasteiger partial charge in [-0.25, -0.2) is 0 Å². The van der Waals surface area contributed by atoms with Crippen LogP contribution in [0.1, 0.15) is 41.5 Å². The van der Waals surface area contributed by atoms with E-state index in [1.54, 1.807) is 6.07 Å². The Morgan fingerprint density at radius 2 is 1.49 bits per heavy atom. The van der Waals surface area contributed by atoms with E-state index in [1.807, 2.05) is 17.0 Å². The first-order valence-corrected chi connectivity index (χ1v) is 15.0. The number of likely N-dealkylation sites (tertiary alicyclic amines) is 1. The lowest BCUT2D eigenvalue weighted by Gasteiger charge is -2.37. The van der Waals surface area contributed by atoms with Gasteiger partial charge in [0.15, 0.2) is 0 Å². The van der Waals surface area contributed by atoms with Crippen molar-refractivity contribution in [2.24, 2.45) is 0 Å². The standard InChI is InChI=1S/C34H40F3N3O3/c1-25-3-6-27(7-4-25)24-42-29-11-8-28(9-12-29)39-21-19-38(20-22-39)16-15-33(41)40-17-13-30(14-18-40)43-31-10-5-26(2)32(23-31)34(35,36)37/h3-12,23,30H,13-22,24H2,1-2H3. The van der Waals surface area contributed by atoms with Crippen molar-refractivity contribution in [1.29, 1.82) is 0 Å². The molecule has 43 heavy (non-hydrogen) atoms. The molecule has 230 valence electrons. The number of hydrogen-bond donors (Lipinski definition) is 0. The Kier molecular flexibility index (Phi) is 9.80. The van der Waals surface area contributed by atoms with E-state index in [9.17, 15) is 18.0 Å². The van der Waals surface area contributed by atoms with Crippen LogP contribution in [0, 0.1) is 13.8 Å². The molecule has 1 amide bonds. The van der Waals surface area contributed by atoms with Crippen LogP contribution in [0.2, 0.25) is 0 Å². The lowest BCUT2D eigenvalue weighted by atomic mass is 10.1. The minimum atomic E-state index is -4.41. The van der Waals surface area contributed by atoms with Crippen molar-refractivity contribution in [3.8, 4) is 11.5 Å². The Morgan fingerprint density at radius 1 is 0.837 bits per heavy atom. The van der Waals surface area contributed by atoms with Crippen LogP contribution in [0.3, 0.4) is 0 Å². The van der Waals surface area contributed by atoms with Crippen LogP contribution < -0.4 is 14.4 Å². The number of ether oxygens (including phenoxy) is 2. The summed E-state index contributed by atoms with van der Waals surface area (Å²) in [6.07, 6.45) is -2.93. The van der Waals surface area contributed by atoms with Crippen LogP contribution in [0.25, 0.3) is 0 Å². The average molecular weight is 596 g/mol. The van der Waals surface area contributed by atoms with Crippen molar-refractivity contribution >= 4 is 11.6 Å². The number of amides is 1. The highest BCUT2D eigenvalue weighted by molar-refractivity contribution is 5.76. The number of piperidine rings is 1. The van der Waals surface area contributed by atoms with Gasteiger partial charge in [-0.2, -0.15) is 13.2 Å². The minimum absolute atomic E-state index is 0.122. The maximum absolute atomic E-state index is 13.2. The largest absolute Gasteiger partial charge is 0.490 e. The van der Waals surface area contributed by atoms with Crippen molar-refractivity contribution in [3.05, 3.63) is 89.0 Å². The van der Waals surface area contributed by atoms with E-state index in [1.165, 1.54) is 24.2 Å². The molecule has 0 aliphatic carbocycles. The Labute approximate surface area is 252 Å². The molecule has 5 rings (SSSR count). The third kappa shape index (κ3) is 8.44. The second-order valence-electron chi connectivity index (χ2n) is 11.5. The fourth-order valence-corrected chi connectivity index (χ4v) is 5.64. The molecule has 2 heterocycles. The molecule has 0 saturated carbocycles. The first kappa shape index (κ1) is 30.7. The van der Waals surface area contributed by atoms with Crippen molar-refractivity contribution in [2.75, 3.05) is 50.7 Å². The molecule has 0 bridgehead atoms. The maximum Gasteiger partial charge on any atom is 0.416 e. The van der Waals surface area contributed by atoms with Gasteiger partial charge >= 0.3 is 6.18 Å². The zero-order valence-corrected chi connectivity index (χ0v) is 24.9. The smallest absolute Gasteiger partial charge is 0.416 e. The molecule has 2 saturated heterocycles. The van der Waals surface area contributed by atoms with E-state index in [0.29, 0.717) is 39.0 Å². The average Bonchev–Trinajstić information content (AvgIpc) is 3.01. The lowest BCUT2D eigenvalue weighted by Crippen LogP contribution is -2.48. The number of alkyl halides is 3. The minimum Gasteiger partial charge on any atom is -0.490 e. The summed E-state index contributed by atoms with van der Waals surface area (Å²) in [6, 6.07) is 20.7. The maximum atomic E-state index is 13.2. The van der Waals surface area contributed by atoms with Crippen LogP contribution in [-0.4, -0.2) is 67.6 Å². The molecule has 0 N–H and O–H groups in total. The van der Waals surface area contributed by atoms with E-state index in [2.05, 4.69) is 53.1 Å². The molecule has 3 aromatic carbocycles. The molecule has 0 unspecified atom stereocenters. The fourth-order valence-electron chi connectivity index (χ4n) is 5.64. The summed E-state index contributed by atoms with van der Waals surface area (Å²) in [5, 5.41) is 0. The summed E-state index contributed by atoms with van der Waals surface area (Å²) < 4.78 is 51.5. The Balaban J connectivity index is 0.996. The first-order valence-electron chi connectivity index (χ1n) is 15.0. The van der Waals surface area contributed by atoms with E-state index in [-0.39, 0.29) is 23.3 Å². The number of anilines is 1. The van der Waals surface area contributed by atoms with Gasteiger partial charge in [-0.1, -0.05) is 35.9 Å². The number of rotatable bonds is 9. The van der Waals surface area contributed by atoms with Gasteiger partial charge < -0.3 is 19.3 Å². The van der Waals surface area contributed by atoms with Gasteiger partial charge in [0.1, 0.15) is 24.2 Å². The summed E-state index contributed by atoms with van der Waals surface area (Å²) in [6.45, 7) is 9.48. The number of hydrogen-bond acceptors (Lipinski definition) is 5. The normalized spacial score (nSPS) is 16.8. The van der Waals surface area contributed by atoms with Crippen molar-refractivity contribution in [3.63, 3.8) is 0 Å². The molecule has 2 aliphatic rings. The van der Waals surface area contributed by atoms with Gasteiger partial charge in [0.25, 0.3) is 0 Å². The highest BCUT2D eigenvalue weighted by Gasteiger charge is 2.33. The van der Waals surface area contributed by atoms with Gasteiger partial charge in [-0.05, 0) is 61.4 Å². The van der Waals surface area contributed by atoms with Gasteiger partial charge in [0.05, 0.1) is 5.56 Å². The second-order valence-corrected chi connectivity index (χ2v) is 11.5. The number of carbonyl (C=O) groups is 1. The molecule has 3 aromatic rings. The number of piperazine rings is 1. The third-order valence-corrected chi connectivity index (χ3v) is 8.35. The molecule has 2 aliphatic heterocycles. The highest BCUT2D eigenvalue weighted by Crippen LogP contribution is 2.34. The molecule has 0 spiro atoms. The van der Waals surface area contributed by atoms with Crippen LogP contribution in [0.4, 0.5) is 18.9 Å². The molecule has 0 atom stereocenters. The van der Waals surface area contributed by atoms with Crippen molar-refractivity contribution in [1.82, 2.24) is 9.80 Å². The summed E-state index contributed by atoms with van der Waals surface area (Å²) in [4.78, 5) is 19.4. The number of carbonyl (C=O) groups excluding carboxylic acids is 1. The number of benzene rings is 3. The SMILES string of the molecule is Cc1ccc(COc2ccc(N3CCN(CCC(=O)N4CCC(Oc5ccc(C)c(C(F)(F)F)c5)CC4)CC3)cc2)cc1. The number of halogens is 3. The van der Waals surface area contributed by atoms with Gasteiger partial charge in [0, 0.05) is 70.8 Å². The molecular weight excluding hydrogens is 555 g/mol. The molecule has 2 fully saturated rings. The van der Waals surface area contributed by atoms with E-state index < -0.39 is 11.7 Å². The third-order valence-electron chi connectivity index (χ3n) is 8.35. The van der Waals surface area contributed by atoms with Crippen molar-refractivity contribution < 1.29 is 27.4 Å². The van der Waals surface area contributed by atoms with Crippen LogP contribution in [-0.2, 0) is 17.6 Å². The summed E-state index contributed by atoms with van der Waals surface area (Å²) in [5.74, 6) is 1.20. The van der Waals surface area contributed by atoms with Crippen LogP contribution in [0.15, 0.2) is 66.7 Å². The zero-order chi connectivity index (χ0) is 30.4. The summed E-state index contributed by atoms with van der Waals surface area (Å²) >= 11 is 0. The predicted molar refractivity (Wildman–Crippen MR) is 162 cm³/mol. The molecule has 0 aromatic heterocycles. The highest BCUT2D eigenvalue weighted by atomic mass is 19.4. The molecule has 0 radical (unpaired) electrons. The van der Waals surface area contributed by atoms with Crippen molar-refractivity contribution in [2.45, 2.75) is 52.0 Å². The number of aryl methyl sites for hydroxylation is 2. The van der Waals surface area contributed by atoms with E-state index in [0.717, 1.165) is 50.1 Å². The van der Waals surface area contributed by atoms with Crippen LogP contribution >= 0.6 is 0 Å². The Morgan fingerprint density at radius 3 is 2.14 bits per heavy atom. The molecular formula is C34H40F3N3O3. The second kappa shape index (κ2) is 13.7. The van der Waals surface area contributed by atoms with E-state index >= 15 is 0 Å². The first-order chi connectivity index (χ1) is 20.6. The van der Waals surface area contributed by atoms with Crippen LogP contribution in [0.5, 0.6) is 11.5 Å². The van der Waals surface area contributed by atoms with E-state index in [4.69, 9.17) is 9.47 Å². The summed E-state index contributed by atoms with van der Waals surface area (Å²) in [7, 11) is 0. The van der Waals surface area contributed by atoms with Gasteiger partial charge in [-0.15, -0.1) is 0 Å². The van der Waals surface area contributed by atoms with Gasteiger partial charge in [0.2, 0.25) is 5.91 Å². The summed E-state index contributed by atoms with van der Waals surface area (Å²) in [5.41, 5.74) is 3.06. The van der Waals surface area contributed by atoms with Gasteiger partial charge in [-0.3, -0.25) is 9.69 Å². The molecule has 9 heteroatoms. The lowest BCUT2D eigenvalue weighted by molar-refractivity contribution is -0.138. The zero-order valence-electron chi connectivity index (χ0n) is 24.9. The monoisotopic (exact) mass is 595 g/mol. The number of nitrogens with zero attached hydrogens (tertiary/aromatic N) is 3. The molecule has 6 nitrogen and oxygen atoms in total. The fraction of sp³-hybridized carbons (Fsp3) is 0.441. The Hall–Kier alpha value is -3.72. The predicted octanol–water partition coefficient (Wildman–Crippen LogP) is 6.48.